The van der Waals surface area contributed by atoms with Gasteiger partial charge in [-0.1, -0.05) is 43.9 Å². The number of aryl methyl sites for hydroxylation is 1. The van der Waals surface area contributed by atoms with Crippen LogP contribution in [0.2, 0.25) is 0 Å². The van der Waals surface area contributed by atoms with Crippen LogP contribution in [-0.4, -0.2) is 21.2 Å². The van der Waals surface area contributed by atoms with E-state index in [0.717, 1.165) is 22.2 Å². The average molecular weight is 282 g/mol. The first kappa shape index (κ1) is 12.6. The number of fused-ring (bicyclic) bond motifs is 2. The van der Waals surface area contributed by atoms with Gasteiger partial charge in [0.15, 0.2) is 4.34 Å². The van der Waals surface area contributed by atoms with Crippen molar-refractivity contribution in [3.8, 4) is 0 Å². The molecule has 2 aliphatic carbocycles. The summed E-state index contributed by atoms with van der Waals surface area (Å²) < 4.78 is 0.940. The van der Waals surface area contributed by atoms with E-state index in [-0.39, 0.29) is 22.0 Å². The van der Waals surface area contributed by atoms with Crippen LogP contribution in [0.1, 0.15) is 38.6 Å². The van der Waals surface area contributed by atoms with Crippen LogP contribution in [0.3, 0.4) is 0 Å². The van der Waals surface area contributed by atoms with Gasteiger partial charge in [-0.15, -0.1) is 10.2 Å². The molecule has 0 N–H and O–H groups in total. The van der Waals surface area contributed by atoms with Crippen molar-refractivity contribution in [2.45, 2.75) is 50.1 Å². The SMILES string of the molecule is Cc1nnc(SC2C(=O)C3CCC2(C)C3(C)C)s1. The standard InChI is InChI=1S/C13H18N2OS2/c1-7-14-15-11(17-7)18-10-9(16)8-5-6-13(10,4)12(8,2)3/h8,10H,5-6H2,1-4H3. The number of ketones is 1. The Hall–Kier alpha value is -0.420. The fourth-order valence-electron chi connectivity index (χ4n) is 3.60. The molecule has 2 saturated carbocycles. The van der Waals surface area contributed by atoms with E-state index in [1.165, 1.54) is 0 Å². The number of aromatic nitrogens is 2. The van der Waals surface area contributed by atoms with Crippen molar-refractivity contribution in [2.24, 2.45) is 16.7 Å². The summed E-state index contributed by atoms with van der Waals surface area (Å²) in [6, 6.07) is 0. The quantitative estimate of drug-likeness (QED) is 0.834. The molecule has 0 spiro atoms. The number of carbonyl (C=O) groups is 1. The van der Waals surface area contributed by atoms with Crippen molar-refractivity contribution in [2.75, 3.05) is 0 Å². The second kappa shape index (κ2) is 3.79. The molecule has 2 aliphatic rings. The molecular formula is C13H18N2OS2. The zero-order chi connectivity index (χ0) is 13.1. The molecule has 0 aromatic carbocycles. The number of hydrogen-bond donors (Lipinski definition) is 0. The number of Topliss-reactive ketones (excluding diaryl/α,β-unsaturated/α-hetero) is 1. The van der Waals surface area contributed by atoms with Crippen molar-refractivity contribution in [3.63, 3.8) is 0 Å². The Bertz CT molecular complexity index is 511. The molecule has 0 amide bonds. The minimum Gasteiger partial charge on any atom is -0.298 e. The molecule has 1 heterocycles. The van der Waals surface area contributed by atoms with Gasteiger partial charge in [-0.3, -0.25) is 4.79 Å². The van der Waals surface area contributed by atoms with Crippen LogP contribution in [-0.2, 0) is 4.79 Å². The molecule has 1 aromatic rings. The highest BCUT2D eigenvalue weighted by Gasteiger charge is 2.66. The topological polar surface area (TPSA) is 42.9 Å². The molecule has 0 saturated heterocycles. The number of hydrogen-bond acceptors (Lipinski definition) is 5. The molecule has 2 bridgehead atoms. The summed E-state index contributed by atoms with van der Waals surface area (Å²) in [5.41, 5.74) is 0.237. The maximum Gasteiger partial charge on any atom is 0.175 e. The van der Waals surface area contributed by atoms with E-state index in [0.29, 0.717) is 5.78 Å². The highest BCUT2D eigenvalue weighted by atomic mass is 32.2. The van der Waals surface area contributed by atoms with Gasteiger partial charge in [0, 0.05) is 5.92 Å². The molecule has 2 fully saturated rings. The van der Waals surface area contributed by atoms with E-state index in [2.05, 4.69) is 31.0 Å². The van der Waals surface area contributed by atoms with E-state index in [4.69, 9.17) is 0 Å². The number of thioether (sulfide) groups is 1. The Kier molecular flexibility index (Phi) is 2.66. The zero-order valence-corrected chi connectivity index (χ0v) is 12.8. The molecule has 0 aliphatic heterocycles. The summed E-state index contributed by atoms with van der Waals surface area (Å²) in [6.07, 6.45) is 2.22. The van der Waals surface area contributed by atoms with E-state index >= 15 is 0 Å². The molecule has 18 heavy (non-hydrogen) atoms. The van der Waals surface area contributed by atoms with E-state index < -0.39 is 0 Å². The molecule has 5 heteroatoms. The molecule has 3 rings (SSSR count). The van der Waals surface area contributed by atoms with Crippen LogP contribution in [0.15, 0.2) is 4.34 Å². The van der Waals surface area contributed by atoms with Gasteiger partial charge in [0.05, 0.1) is 5.25 Å². The maximum atomic E-state index is 12.5. The molecule has 3 unspecified atom stereocenters. The summed E-state index contributed by atoms with van der Waals surface area (Å²) in [5.74, 6) is 0.681. The Morgan fingerprint density at radius 2 is 2.06 bits per heavy atom. The molecule has 98 valence electrons. The monoisotopic (exact) mass is 282 g/mol. The van der Waals surface area contributed by atoms with Gasteiger partial charge in [-0.2, -0.15) is 0 Å². The molecule has 1 aromatic heterocycles. The van der Waals surface area contributed by atoms with E-state index in [9.17, 15) is 4.79 Å². The molecular weight excluding hydrogens is 264 g/mol. The van der Waals surface area contributed by atoms with Gasteiger partial charge in [0.25, 0.3) is 0 Å². The number of carbonyl (C=O) groups excluding carboxylic acids is 1. The lowest BCUT2D eigenvalue weighted by Gasteiger charge is -2.37. The summed E-state index contributed by atoms with van der Waals surface area (Å²) in [4.78, 5) is 12.5. The Morgan fingerprint density at radius 3 is 2.56 bits per heavy atom. The first-order chi connectivity index (χ1) is 8.36. The number of nitrogens with zero attached hydrogens (tertiary/aromatic N) is 2. The summed E-state index contributed by atoms with van der Waals surface area (Å²) in [7, 11) is 0. The Labute approximate surface area is 116 Å². The normalized spacial score (nSPS) is 37.4. The maximum absolute atomic E-state index is 12.5. The van der Waals surface area contributed by atoms with Crippen LogP contribution in [0.5, 0.6) is 0 Å². The minimum absolute atomic E-state index is 0.0681. The predicted molar refractivity (Wildman–Crippen MR) is 73.9 cm³/mol. The van der Waals surface area contributed by atoms with Crippen LogP contribution in [0, 0.1) is 23.7 Å². The minimum atomic E-state index is 0.0681. The lowest BCUT2D eigenvalue weighted by Crippen LogP contribution is -2.35. The van der Waals surface area contributed by atoms with Gasteiger partial charge in [0.1, 0.15) is 10.8 Å². The molecule has 0 radical (unpaired) electrons. The predicted octanol–water partition coefficient (Wildman–Crippen LogP) is 3.33. The zero-order valence-electron chi connectivity index (χ0n) is 11.2. The largest absolute Gasteiger partial charge is 0.298 e. The first-order valence-corrected chi connectivity index (χ1v) is 8.06. The second-order valence-electron chi connectivity index (χ2n) is 6.22. The van der Waals surface area contributed by atoms with Gasteiger partial charge in [0.2, 0.25) is 0 Å². The van der Waals surface area contributed by atoms with Gasteiger partial charge >= 0.3 is 0 Å². The number of rotatable bonds is 2. The van der Waals surface area contributed by atoms with Crippen LogP contribution < -0.4 is 0 Å². The van der Waals surface area contributed by atoms with Crippen molar-refractivity contribution in [1.82, 2.24) is 10.2 Å². The Balaban J connectivity index is 1.92. The van der Waals surface area contributed by atoms with Crippen molar-refractivity contribution in [1.29, 1.82) is 0 Å². The van der Waals surface area contributed by atoms with E-state index in [1.807, 2.05) is 6.92 Å². The fourth-order valence-corrected chi connectivity index (χ4v) is 6.11. The van der Waals surface area contributed by atoms with Crippen molar-refractivity contribution < 1.29 is 4.79 Å². The highest BCUT2D eigenvalue weighted by molar-refractivity contribution is 8.02. The average Bonchev–Trinajstić information content (AvgIpc) is 2.82. The Morgan fingerprint density at radius 1 is 1.33 bits per heavy atom. The van der Waals surface area contributed by atoms with Crippen molar-refractivity contribution >= 4 is 28.9 Å². The lowest BCUT2D eigenvalue weighted by molar-refractivity contribution is -0.122. The second-order valence-corrected chi connectivity index (χ2v) is 8.75. The third kappa shape index (κ3) is 1.46. The smallest absolute Gasteiger partial charge is 0.175 e. The van der Waals surface area contributed by atoms with Crippen LogP contribution in [0.25, 0.3) is 0 Å². The highest BCUT2D eigenvalue weighted by Crippen LogP contribution is 2.67. The van der Waals surface area contributed by atoms with E-state index in [1.54, 1.807) is 23.1 Å². The fraction of sp³-hybridized carbons (Fsp3) is 0.769. The summed E-state index contributed by atoms with van der Waals surface area (Å²) >= 11 is 3.23. The van der Waals surface area contributed by atoms with Gasteiger partial charge < -0.3 is 0 Å². The van der Waals surface area contributed by atoms with Crippen LogP contribution in [0.4, 0.5) is 0 Å². The summed E-state index contributed by atoms with van der Waals surface area (Å²) in [5, 5.41) is 9.23. The van der Waals surface area contributed by atoms with Gasteiger partial charge in [-0.25, -0.2) is 0 Å². The summed E-state index contributed by atoms with van der Waals surface area (Å²) in [6.45, 7) is 8.75. The third-order valence-corrected chi connectivity index (χ3v) is 7.65. The molecule has 3 nitrogen and oxygen atoms in total. The van der Waals surface area contributed by atoms with Gasteiger partial charge in [-0.05, 0) is 30.6 Å². The molecule has 3 atom stereocenters. The van der Waals surface area contributed by atoms with Crippen LogP contribution >= 0.6 is 23.1 Å². The third-order valence-electron chi connectivity index (χ3n) is 5.20. The lowest BCUT2D eigenvalue weighted by atomic mass is 9.71. The van der Waals surface area contributed by atoms with Crippen molar-refractivity contribution in [3.05, 3.63) is 5.01 Å². The first-order valence-electron chi connectivity index (χ1n) is 6.37.